The molecule has 0 saturated carbocycles. The van der Waals surface area contributed by atoms with Crippen molar-refractivity contribution in [2.45, 2.75) is 19.9 Å². The molecule has 6 nitrogen and oxygen atoms in total. The Balaban J connectivity index is 2.06. The number of esters is 1. The Kier molecular flexibility index (Phi) is 5.77. The number of terminal acetylenes is 1. The van der Waals surface area contributed by atoms with Gasteiger partial charge in [-0.05, 0) is 37.0 Å². The fourth-order valence-corrected chi connectivity index (χ4v) is 3.78. The van der Waals surface area contributed by atoms with Crippen molar-refractivity contribution in [3.8, 4) is 23.8 Å². The Morgan fingerprint density at radius 2 is 2.22 bits per heavy atom. The van der Waals surface area contributed by atoms with E-state index in [1.165, 1.54) is 11.8 Å². The second kappa shape index (κ2) is 8.23. The zero-order valence-corrected chi connectivity index (χ0v) is 16.2. The van der Waals surface area contributed by atoms with E-state index in [-0.39, 0.29) is 18.6 Å². The number of fused-ring (bicyclic) bond motifs is 1. The molecule has 0 spiro atoms. The van der Waals surface area contributed by atoms with Gasteiger partial charge in [0.15, 0.2) is 16.7 Å². The summed E-state index contributed by atoms with van der Waals surface area (Å²) in [4.78, 5) is 19.2. The molecule has 2 aliphatic heterocycles. The van der Waals surface area contributed by atoms with E-state index in [0.29, 0.717) is 29.4 Å². The molecule has 3 rings (SSSR count). The third kappa shape index (κ3) is 3.67. The first-order valence-corrected chi connectivity index (χ1v) is 9.31. The summed E-state index contributed by atoms with van der Waals surface area (Å²) >= 11 is 1.51. The Hall–Kier alpha value is -2.85. The lowest BCUT2D eigenvalue weighted by atomic mass is 9.94. The Morgan fingerprint density at radius 3 is 2.93 bits per heavy atom. The maximum absolute atomic E-state index is 12.7. The SMILES string of the molecule is C#CCOc1ccc(C2C(C(=O)OCC)=C(C)N=C3SC=CN32)cc1OC. The van der Waals surface area contributed by atoms with Gasteiger partial charge in [0.05, 0.1) is 31.0 Å². The largest absolute Gasteiger partial charge is 0.493 e. The van der Waals surface area contributed by atoms with Gasteiger partial charge in [-0.1, -0.05) is 23.7 Å². The molecular weight excluding hydrogens is 364 g/mol. The maximum atomic E-state index is 12.7. The molecule has 0 radical (unpaired) electrons. The smallest absolute Gasteiger partial charge is 0.338 e. The molecule has 2 aliphatic rings. The Morgan fingerprint density at radius 1 is 1.41 bits per heavy atom. The van der Waals surface area contributed by atoms with Crippen LogP contribution in [0.25, 0.3) is 0 Å². The maximum Gasteiger partial charge on any atom is 0.338 e. The average Bonchev–Trinajstić information content (AvgIpc) is 3.13. The number of ether oxygens (including phenoxy) is 3. The zero-order chi connectivity index (χ0) is 19.4. The topological polar surface area (TPSA) is 60.4 Å². The molecule has 0 aromatic heterocycles. The minimum absolute atomic E-state index is 0.147. The monoisotopic (exact) mass is 384 g/mol. The van der Waals surface area contributed by atoms with Crippen LogP contribution < -0.4 is 9.47 Å². The average molecular weight is 384 g/mol. The first-order valence-electron chi connectivity index (χ1n) is 8.43. The lowest BCUT2D eigenvalue weighted by Crippen LogP contribution is -2.34. The van der Waals surface area contributed by atoms with Crippen LogP contribution in [0.1, 0.15) is 25.5 Å². The van der Waals surface area contributed by atoms with Gasteiger partial charge in [0.1, 0.15) is 6.61 Å². The summed E-state index contributed by atoms with van der Waals surface area (Å²) in [6.07, 6.45) is 7.18. The van der Waals surface area contributed by atoms with Crippen LogP contribution in [0.15, 0.2) is 46.1 Å². The molecule has 0 fully saturated rings. The van der Waals surface area contributed by atoms with E-state index >= 15 is 0 Å². The van der Waals surface area contributed by atoms with E-state index in [1.807, 2.05) is 35.6 Å². The highest BCUT2D eigenvalue weighted by molar-refractivity contribution is 8.16. The van der Waals surface area contributed by atoms with Crippen molar-refractivity contribution in [1.82, 2.24) is 4.90 Å². The van der Waals surface area contributed by atoms with Gasteiger partial charge >= 0.3 is 5.97 Å². The number of rotatable bonds is 6. The molecule has 0 bridgehead atoms. The van der Waals surface area contributed by atoms with Crippen LogP contribution in [-0.4, -0.2) is 36.4 Å². The van der Waals surface area contributed by atoms with Crippen molar-refractivity contribution >= 4 is 22.9 Å². The van der Waals surface area contributed by atoms with E-state index in [1.54, 1.807) is 20.1 Å². The summed E-state index contributed by atoms with van der Waals surface area (Å²) in [5.74, 6) is 3.15. The fourth-order valence-electron chi connectivity index (χ4n) is 2.99. The quantitative estimate of drug-likeness (QED) is 0.553. The van der Waals surface area contributed by atoms with Gasteiger partial charge in [-0.2, -0.15) is 0 Å². The molecule has 1 unspecified atom stereocenters. The predicted molar refractivity (Wildman–Crippen MR) is 105 cm³/mol. The van der Waals surface area contributed by atoms with Crippen molar-refractivity contribution < 1.29 is 19.0 Å². The predicted octanol–water partition coefficient (Wildman–Crippen LogP) is 3.48. The first kappa shape index (κ1) is 18.9. The molecule has 140 valence electrons. The van der Waals surface area contributed by atoms with Crippen molar-refractivity contribution in [1.29, 1.82) is 0 Å². The van der Waals surface area contributed by atoms with Gasteiger partial charge < -0.3 is 19.1 Å². The van der Waals surface area contributed by atoms with Crippen LogP contribution >= 0.6 is 11.8 Å². The van der Waals surface area contributed by atoms with E-state index < -0.39 is 0 Å². The zero-order valence-electron chi connectivity index (χ0n) is 15.4. The van der Waals surface area contributed by atoms with Crippen LogP contribution in [0.4, 0.5) is 0 Å². The van der Waals surface area contributed by atoms with E-state index in [4.69, 9.17) is 20.6 Å². The summed E-state index contributed by atoms with van der Waals surface area (Å²) in [5.41, 5.74) is 2.02. The van der Waals surface area contributed by atoms with Crippen molar-refractivity contribution in [3.05, 3.63) is 46.6 Å². The number of methoxy groups -OCH3 is 1. The fraction of sp³-hybridized carbons (Fsp3) is 0.300. The highest BCUT2D eigenvalue weighted by Gasteiger charge is 2.37. The number of benzene rings is 1. The normalized spacial score (nSPS) is 17.9. The lowest BCUT2D eigenvalue weighted by Gasteiger charge is -2.33. The molecule has 2 heterocycles. The molecule has 1 aromatic carbocycles. The van der Waals surface area contributed by atoms with Gasteiger partial charge in [-0.15, -0.1) is 6.42 Å². The van der Waals surface area contributed by atoms with Crippen molar-refractivity contribution in [3.63, 3.8) is 0 Å². The van der Waals surface area contributed by atoms with Gasteiger partial charge in [0, 0.05) is 6.20 Å². The molecule has 1 aromatic rings. The lowest BCUT2D eigenvalue weighted by molar-refractivity contribution is -0.139. The summed E-state index contributed by atoms with van der Waals surface area (Å²) < 4.78 is 16.3. The number of carbonyl (C=O) groups excluding carboxylic acids is 1. The number of hydrogen-bond donors (Lipinski definition) is 0. The molecule has 0 amide bonds. The van der Waals surface area contributed by atoms with Crippen LogP contribution in [0, 0.1) is 12.3 Å². The number of amidine groups is 1. The molecular formula is C20H20N2O4S. The minimum Gasteiger partial charge on any atom is -0.493 e. The van der Waals surface area contributed by atoms with Crippen LogP contribution in [0.3, 0.4) is 0 Å². The second-order valence-corrected chi connectivity index (χ2v) is 6.60. The van der Waals surface area contributed by atoms with Gasteiger partial charge in [0.2, 0.25) is 0 Å². The standard InChI is InChI=1S/C20H20N2O4S/c1-5-10-26-15-8-7-14(12-16(15)24-4)18-17(19(23)25-6-2)13(3)21-20-22(18)9-11-27-20/h1,7-9,11-12,18H,6,10H2,2-4H3. The highest BCUT2D eigenvalue weighted by atomic mass is 32.2. The molecule has 7 heteroatoms. The van der Waals surface area contributed by atoms with Gasteiger partial charge in [-0.25, -0.2) is 9.79 Å². The molecule has 0 N–H and O–H groups in total. The summed E-state index contributed by atoms with van der Waals surface area (Å²) in [6, 6.07) is 5.18. The van der Waals surface area contributed by atoms with Gasteiger partial charge in [0.25, 0.3) is 0 Å². The number of nitrogens with zero attached hydrogens (tertiary/aromatic N) is 2. The minimum atomic E-state index is -0.375. The third-order valence-electron chi connectivity index (χ3n) is 4.13. The molecule has 0 aliphatic carbocycles. The summed E-state index contributed by atoms with van der Waals surface area (Å²) in [7, 11) is 1.56. The number of carbonyl (C=O) groups is 1. The molecule has 27 heavy (non-hydrogen) atoms. The summed E-state index contributed by atoms with van der Waals surface area (Å²) in [5, 5.41) is 2.76. The molecule has 0 saturated heterocycles. The van der Waals surface area contributed by atoms with Crippen LogP contribution in [0.2, 0.25) is 0 Å². The van der Waals surface area contributed by atoms with E-state index in [0.717, 1.165) is 10.7 Å². The van der Waals surface area contributed by atoms with E-state index in [9.17, 15) is 4.79 Å². The molecule has 1 atom stereocenters. The van der Waals surface area contributed by atoms with Crippen LogP contribution in [-0.2, 0) is 9.53 Å². The Bertz CT molecular complexity index is 882. The number of aliphatic imine (C=N–C) groups is 1. The second-order valence-electron chi connectivity index (χ2n) is 5.73. The van der Waals surface area contributed by atoms with Crippen molar-refractivity contribution in [2.75, 3.05) is 20.3 Å². The van der Waals surface area contributed by atoms with E-state index in [2.05, 4.69) is 10.9 Å². The number of allylic oxidation sites excluding steroid dienone is 1. The van der Waals surface area contributed by atoms with Crippen LogP contribution in [0.5, 0.6) is 11.5 Å². The number of thioether (sulfide) groups is 1. The van der Waals surface area contributed by atoms with Crippen molar-refractivity contribution in [2.24, 2.45) is 4.99 Å². The third-order valence-corrected chi connectivity index (χ3v) is 4.90. The van der Waals surface area contributed by atoms with Gasteiger partial charge in [-0.3, -0.25) is 0 Å². The first-order chi connectivity index (χ1) is 13.1. The summed E-state index contributed by atoms with van der Waals surface area (Å²) in [6.45, 7) is 4.05. The Labute approximate surface area is 162 Å². The number of hydrogen-bond acceptors (Lipinski definition) is 7. The highest BCUT2D eigenvalue weighted by Crippen LogP contribution is 2.43.